The topological polar surface area (TPSA) is 75.8 Å². The Bertz CT molecular complexity index is 413. The summed E-state index contributed by atoms with van der Waals surface area (Å²) >= 11 is 0. The van der Waals surface area contributed by atoms with Gasteiger partial charge >= 0.3 is 6.09 Å². The van der Waals surface area contributed by atoms with E-state index in [9.17, 15) is 9.59 Å². The molecule has 1 heterocycles. The number of ether oxygens (including phenoxy) is 1. The van der Waals surface area contributed by atoms with Crippen LogP contribution in [0.1, 0.15) is 53.9 Å². The van der Waals surface area contributed by atoms with Crippen LogP contribution in [0.3, 0.4) is 0 Å². The zero-order valence-corrected chi connectivity index (χ0v) is 17.0. The van der Waals surface area contributed by atoms with E-state index >= 15 is 0 Å². The maximum Gasteiger partial charge on any atom is 0.410 e. The minimum atomic E-state index is -2.19. The molecule has 2 atom stereocenters. The maximum atomic E-state index is 12.3. The second kappa shape index (κ2) is 7.11. The van der Waals surface area contributed by atoms with Crippen LogP contribution in [0, 0.1) is 5.92 Å². The average Bonchev–Trinajstić information content (AvgIpc) is 2.32. The first kappa shape index (κ1) is 20.5. The second-order valence-electron chi connectivity index (χ2n) is 9.23. The van der Waals surface area contributed by atoms with Gasteiger partial charge in [-0.1, -0.05) is 13.8 Å². The standard InChI is InChI=1S/C17H36N2O3Si/c1-16(2,3)22-15(20)19-11-13(10-14(18)12-19)8-9-17(4,5)23(6,7)21/h13-14,21H,8-12,18H2,1-7H3. The molecule has 1 rings (SSSR count). The van der Waals surface area contributed by atoms with Crippen molar-refractivity contribution in [3.63, 3.8) is 0 Å². The van der Waals surface area contributed by atoms with Crippen molar-refractivity contribution >= 4 is 14.4 Å². The van der Waals surface area contributed by atoms with Crippen LogP contribution >= 0.6 is 0 Å². The number of amides is 1. The van der Waals surface area contributed by atoms with Crippen molar-refractivity contribution in [3.05, 3.63) is 0 Å². The zero-order chi connectivity index (χ0) is 18.1. The van der Waals surface area contributed by atoms with E-state index in [1.54, 1.807) is 4.90 Å². The van der Waals surface area contributed by atoms with Crippen molar-refractivity contribution in [2.24, 2.45) is 11.7 Å². The van der Waals surface area contributed by atoms with Crippen molar-refractivity contribution in [2.75, 3.05) is 13.1 Å². The smallest absolute Gasteiger partial charge is 0.410 e. The molecule has 23 heavy (non-hydrogen) atoms. The molecule has 1 saturated heterocycles. The van der Waals surface area contributed by atoms with Crippen LogP contribution in [0.15, 0.2) is 0 Å². The van der Waals surface area contributed by atoms with Gasteiger partial charge in [-0.3, -0.25) is 0 Å². The molecule has 1 aliphatic rings. The van der Waals surface area contributed by atoms with Gasteiger partial charge < -0.3 is 20.2 Å². The van der Waals surface area contributed by atoms with E-state index in [1.807, 2.05) is 33.9 Å². The molecule has 0 radical (unpaired) electrons. The number of hydrogen-bond donors (Lipinski definition) is 2. The van der Waals surface area contributed by atoms with Crippen LogP contribution in [0.4, 0.5) is 4.79 Å². The van der Waals surface area contributed by atoms with Crippen molar-refractivity contribution in [2.45, 2.75) is 83.7 Å². The van der Waals surface area contributed by atoms with E-state index in [-0.39, 0.29) is 17.2 Å². The Balaban J connectivity index is 2.63. The quantitative estimate of drug-likeness (QED) is 0.767. The maximum absolute atomic E-state index is 12.3. The Kier molecular flexibility index (Phi) is 6.32. The van der Waals surface area contributed by atoms with Crippen molar-refractivity contribution in [3.8, 4) is 0 Å². The number of nitrogens with two attached hydrogens (primary N) is 1. The third-order valence-electron chi connectivity index (χ3n) is 5.06. The van der Waals surface area contributed by atoms with Gasteiger partial charge in [-0.15, -0.1) is 0 Å². The Morgan fingerprint density at radius 3 is 2.30 bits per heavy atom. The molecule has 0 aliphatic carbocycles. The van der Waals surface area contributed by atoms with Crippen LogP contribution in [-0.2, 0) is 4.74 Å². The molecule has 6 heteroatoms. The molecule has 0 aromatic heterocycles. The summed E-state index contributed by atoms with van der Waals surface area (Å²) in [6, 6.07) is 0.00348. The molecule has 0 aromatic rings. The Morgan fingerprint density at radius 2 is 1.83 bits per heavy atom. The van der Waals surface area contributed by atoms with Gasteiger partial charge in [0.2, 0.25) is 0 Å². The van der Waals surface area contributed by atoms with Crippen LogP contribution in [0.2, 0.25) is 18.1 Å². The molecule has 0 aromatic carbocycles. The summed E-state index contributed by atoms with van der Waals surface area (Å²) < 4.78 is 5.47. The third kappa shape index (κ3) is 6.43. The number of rotatable bonds is 4. The zero-order valence-electron chi connectivity index (χ0n) is 16.0. The fourth-order valence-corrected chi connectivity index (χ4v) is 3.56. The predicted molar refractivity (Wildman–Crippen MR) is 96.9 cm³/mol. The van der Waals surface area contributed by atoms with Crippen LogP contribution < -0.4 is 5.73 Å². The first-order chi connectivity index (χ1) is 10.2. The van der Waals surface area contributed by atoms with E-state index in [2.05, 4.69) is 13.8 Å². The largest absolute Gasteiger partial charge is 0.444 e. The molecule has 1 amide bonds. The number of carbonyl (C=O) groups is 1. The molecule has 3 N–H and O–H groups in total. The van der Waals surface area contributed by atoms with Gasteiger partial charge in [0.25, 0.3) is 0 Å². The second-order valence-corrected chi connectivity index (χ2v) is 13.7. The van der Waals surface area contributed by atoms with E-state index in [4.69, 9.17) is 10.5 Å². The summed E-state index contributed by atoms with van der Waals surface area (Å²) in [5.41, 5.74) is 5.67. The molecule has 0 saturated carbocycles. The number of piperidine rings is 1. The molecular weight excluding hydrogens is 308 g/mol. The molecule has 136 valence electrons. The SMILES string of the molecule is CC(C)(C)OC(=O)N1CC(N)CC(CCC(C)(C)[Si](C)(C)O)C1. The van der Waals surface area contributed by atoms with Gasteiger partial charge in [0.1, 0.15) is 5.60 Å². The highest BCUT2D eigenvalue weighted by molar-refractivity contribution is 6.72. The number of carbonyl (C=O) groups excluding carboxylic acids is 1. The van der Waals surface area contributed by atoms with Crippen molar-refractivity contribution < 1.29 is 14.3 Å². The predicted octanol–water partition coefficient (Wildman–Crippen LogP) is 3.33. The lowest BCUT2D eigenvalue weighted by Gasteiger charge is -2.40. The Labute approximate surface area is 142 Å². The van der Waals surface area contributed by atoms with Crippen LogP contribution in [-0.4, -0.2) is 48.8 Å². The van der Waals surface area contributed by atoms with Gasteiger partial charge in [0, 0.05) is 19.1 Å². The fraction of sp³-hybridized carbons (Fsp3) is 0.941. The van der Waals surface area contributed by atoms with Gasteiger partial charge in [-0.05, 0) is 64.1 Å². The summed E-state index contributed by atoms with van der Waals surface area (Å²) in [6.45, 7) is 15.2. The Hall–Kier alpha value is -0.593. The lowest BCUT2D eigenvalue weighted by Crippen LogP contribution is -2.51. The highest BCUT2D eigenvalue weighted by Crippen LogP contribution is 2.41. The normalized spacial score (nSPS) is 23.8. The van der Waals surface area contributed by atoms with E-state index in [0.717, 1.165) is 19.3 Å². The van der Waals surface area contributed by atoms with Gasteiger partial charge in [-0.2, -0.15) is 0 Å². The number of hydrogen-bond acceptors (Lipinski definition) is 4. The van der Waals surface area contributed by atoms with Gasteiger partial charge in [-0.25, -0.2) is 4.79 Å². The molecule has 0 spiro atoms. The first-order valence-corrected chi connectivity index (χ1v) is 11.6. The average molecular weight is 345 g/mol. The summed E-state index contributed by atoms with van der Waals surface area (Å²) in [5.74, 6) is 0.377. The van der Waals surface area contributed by atoms with Crippen LogP contribution in [0.5, 0.6) is 0 Å². The van der Waals surface area contributed by atoms with Crippen LogP contribution in [0.25, 0.3) is 0 Å². The fourth-order valence-electron chi connectivity index (χ4n) is 2.80. The third-order valence-corrected chi connectivity index (χ3v) is 8.62. The first-order valence-electron chi connectivity index (χ1n) is 8.67. The minimum Gasteiger partial charge on any atom is -0.444 e. The number of likely N-dealkylation sites (tertiary alicyclic amines) is 1. The highest BCUT2D eigenvalue weighted by atomic mass is 28.4. The monoisotopic (exact) mass is 344 g/mol. The lowest BCUT2D eigenvalue weighted by atomic mass is 9.88. The van der Waals surface area contributed by atoms with Crippen molar-refractivity contribution in [1.82, 2.24) is 4.90 Å². The summed E-state index contributed by atoms with van der Waals surface area (Å²) in [4.78, 5) is 24.5. The molecule has 1 aliphatic heterocycles. The molecular formula is C17H36N2O3Si. The van der Waals surface area contributed by atoms with Gasteiger partial charge in [0.05, 0.1) is 0 Å². The number of nitrogens with zero attached hydrogens (tertiary/aromatic N) is 1. The minimum absolute atomic E-state index is 0.00348. The summed E-state index contributed by atoms with van der Waals surface area (Å²) in [7, 11) is -2.19. The van der Waals surface area contributed by atoms with E-state index in [0.29, 0.717) is 19.0 Å². The van der Waals surface area contributed by atoms with Gasteiger partial charge in [0.15, 0.2) is 8.32 Å². The summed E-state index contributed by atoms with van der Waals surface area (Å²) in [6.07, 6.45) is 2.61. The lowest BCUT2D eigenvalue weighted by molar-refractivity contribution is 0.0137. The van der Waals surface area contributed by atoms with E-state index < -0.39 is 13.9 Å². The molecule has 0 bridgehead atoms. The molecule has 2 unspecified atom stereocenters. The highest BCUT2D eigenvalue weighted by Gasteiger charge is 2.39. The van der Waals surface area contributed by atoms with Crippen molar-refractivity contribution in [1.29, 1.82) is 0 Å². The molecule has 5 nitrogen and oxygen atoms in total. The molecule has 1 fully saturated rings. The summed E-state index contributed by atoms with van der Waals surface area (Å²) in [5, 5.41) is -0.0364. The van der Waals surface area contributed by atoms with E-state index in [1.165, 1.54) is 0 Å². The Morgan fingerprint density at radius 1 is 1.26 bits per heavy atom.